The van der Waals surface area contributed by atoms with Gasteiger partial charge in [0.15, 0.2) is 0 Å². The van der Waals surface area contributed by atoms with E-state index in [0.717, 1.165) is 6.54 Å². The van der Waals surface area contributed by atoms with Crippen molar-refractivity contribution in [3.8, 4) is 0 Å². The largest absolute Gasteiger partial charge is 0.324 e. The summed E-state index contributed by atoms with van der Waals surface area (Å²) in [5.41, 5.74) is 2.87. The lowest BCUT2D eigenvalue weighted by molar-refractivity contribution is -0.118. The Bertz CT molecular complexity index is 1080. The van der Waals surface area contributed by atoms with E-state index in [1.165, 1.54) is 29.7 Å². The average molecular weight is 469 g/mol. The van der Waals surface area contributed by atoms with Gasteiger partial charge in [-0.3, -0.25) is 10.1 Å². The molecule has 166 valence electrons. The van der Waals surface area contributed by atoms with Gasteiger partial charge in [0.05, 0.1) is 9.34 Å². The Hall–Kier alpha value is -2.87. The maximum absolute atomic E-state index is 13.1. The molecule has 1 saturated carbocycles. The SMILES string of the molecule is CNCC1(c2ccc(NC(=O)C(NC(=O)Nc3ccc(Cl)s3)c3ccccc3)cc2)CC1. The van der Waals surface area contributed by atoms with Crippen LogP contribution in [-0.2, 0) is 10.2 Å². The van der Waals surface area contributed by atoms with E-state index < -0.39 is 12.1 Å². The minimum Gasteiger partial charge on any atom is -0.324 e. The van der Waals surface area contributed by atoms with Crippen molar-refractivity contribution in [3.05, 3.63) is 82.2 Å². The van der Waals surface area contributed by atoms with E-state index in [0.29, 0.717) is 20.6 Å². The molecule has 6 nitrogen and oxygen atoms in total. The molecule has 2 aromatic carbocycles. The normalized spacial score (nSPS) is 14.9. The summed E-state index contributed by atoms with van der Waals surface area (Å²) in [6.45, 7) is 0.948. The van der Waals surface area contributed by atoms with Gasteiger partial charge >= 0.3 is 6.03 Å². The lowest BCUT2D eigenvalue weighted by Gasteiger charge is -2.20. The van der Waals surface area contributed by atoms with Gasteiger partial charge < -0.3 is 16.0 Å². The van der Waals surface area contributed by atoms with Gasteiger partial charge in [0.1, 0.15) is 6.04 Å². The van der Waals surface area contributed by atoms with E-state index in [2.05, 4.69) is 33.4 Å². The van der Waals surface area contributed by atoms with Crippen LogP contribution in [0.4, 0.5) is 15.5 Å². The molecule has 0 radical (unpaired) electrons. The number of thiophene rings is 1. The summed E-state index contributed by atoms with van der Waals surface area (Å²) >= 11 is 7.18. The van der Waals surface area contributed by atoms with Gasteiger partial charge in [-0.25, -0.2) is 4.79 Å². The number of anilines is 2. The summed E-state index contributed by atoms with van der Waals surface area (Å²) in [4.78, 5) is 25.7. The molecule has 1 aliphatic rings. The first-order valence-corrected chi connectivity index (χ1v) is 11.6. The fraction of sp³-hybridized carbons (Fsp3) is 0.250. The van der Waals surface area contributed by atoms with Crippen molar-refractivity contribution in [3.63, 3.8) is 0 Å². The lowest BCUT2D eigenvalue weighted by Crippen LogP contribution is -2.39. The van der Waals surface area contributed by atoms with E-state index in [9.17, 15) is 9.59 Å². The minimum atomic E-state index is -0.856. The van der Waals surface area contributed by atoms with Crippen LogP contribution in [0.2, 0.25) is 4.34 Å². The van der Waals surface area contributed by atoms with Crippen molar-refractivity contribution in [2.75, 3.05) is 24.2 Å². The summed E-state index contributed by atoms with van der Waals surface area (Å²) in [5.74, 6) is -0.320. The highest BCUT2D eigenvalue weighted by atomic mass is 35.5. The second-order valence-corrected chi connectivity index (χ2v) is 9.64. The number of carbonyl (C=O) groups is 2. The molecule has 3 amide bonds. The van der Waals surface area contributed by atoms with E-state index >= 15 is 0 Å². The highest BCUT2D eigenvalue weighted by molar-refractivity contribution is 7.20. The molecule has 3 aromatic rings. The lowest BCUT2D eigenvalue weighted by atomic mass is 9.95. The molecule has 1 aliphatic carbocycles. The average Bonchev–Trinajstić information content (AvgIpc) is 3.47. The predicted octanol–water partition coefficient (Wildman–Crippen LogP) is 5.15. The first kappa shape index (κ1) is 22.3. The van der Waals surface area contributed by atoms with Gasteiger partial charge in [-0.05, 0) is 55.3 Å². The highest BCUT2D eigenvalue weighted by Crippen LogP contribution is 2.47. The number of likely N-dealkylation sites (N-methyl/N-ethyl adjacent to an activating group) is 1. The molecular weight excluding hydrogens is 444 g/mol. The van der Waals surface area contributed by atoms with Gasteiger partial charge in [0, 0.05) is 17.6 Å². The van der Waals surface area contributed by atoms with Crippen molar-refractivity contribution in [2.45, 2.75) is 24.3 Å². The van der Waals surface area contributed by atoms with Crippen molar-refractivity contribution < 1.29 is 9.59 Å². The van der Waals surface area contributed by atoms with Crippen LogP contribution in [0.15, 0.2) is 66.7 Å². The maximum atomic E-state index is 13.1. The molecule has 1 heterocycles. The van der Waals surface area contributed by atoms with E-state index in [1.807, 2.05) is 49.5 Å². The number of carbonyl (C=O) groups excluding carboxylic acids is 2. The summed E-state index contributed by atoms with van der Waals surface area (Å²) in [5, 5.41) is 12.3. The molecule has 0 aliphatic heterocycles. The number of urea groups is 1. The van der Waals surface area contributed by atoms with E-state index in [4.69, 9.17) is 11.6 Å². The monoisotopic (exact) mass is 468 g/mol. The fourth-order valence-electron chi connectivity index (χ4n) is 3.78. The van der Waals surface area contributed by atoms with Crippen molar-refractivity contribution in [1.82, 2.24) is 10.6 Å². The molecule has 0 spiro atoms. The van der Waals surface area contributed by atoms with Gasteiger partial charge in [0.2, 0.25) is 0 Å². The van der Waals surface area contributed by atoms with E-state index in [-0.39, 0.29) is 11.3 Å². The van der Waals surface area contributed by atoms with Gasteiger partial charge in [-0.2, -0.15) is 0 Å². The summed E-state index contributed by atoms with van der Waals surface area (Å²) < 4.78 is 0.573. The van der Waals surface area contributed by atoms with Crippen LogP contribution in [0.1, 0.15) is 30.0 Å². The van der Waals surface area contributed by atoms with Crippen LogP contribution < -0.4 is 21.3 Å². The van der Waals surface area contributed by atoms with Gasteiger partial charge in [-0.15, -0.1) is 11.3 Å². The molecule has 1 fully saturated rings. The van der Waals surface area contributed by atoms with Gasteiger partial charge in [-0.1, -0.05) is 54.1 Å². The van der Waals surface area contributed by atoms with Crippen LogP contribution in [0.3, 0.4) is 0 Å². The first-order valence-electron chi connectivity index (χ1n) is 10.4. The molecule has 4 N–H and O–H groups in total. The zero-order valence-corrected chi connectivity index (χ0v) is 19.2. The van der Waals surface area contributed by atoms with Crippen LogP contribution in [-0.4, -0.2) is 25.5 Å². The van der Waals surface area contributed by atoms with Crippen LogP contribution in [0.25, 0.3) is 0 Å². The summed E-state index contributed by atoms with van der Waals surface area (Å²) in [7, 11) is 1.97. The zero-order valence-electron chi connectivity index (χ0n) is 17.7. The smallest absolute Gasteiger partial charge is 0.320 e. The minimum absolute atomic E-state index is 0.216. The Morgan fingerprint density at radius 1 is 1.00 bits per heavy atom. The number of amides is 3. The molecule has 32 heavy (non-hydrogen) atoms. The molecule has 8 heteroatoms. The molecule has 1 unspecified atom stereocenters. The highest BCUT2D eigenvalue weighted by Gasteiger charge is 2.43. The van der Waals surface area contributed by atoms with Crippen molar-refractivity contribution in [1.29, 1.82) is 0 Å². The standard InChI is InChI=1S/C24H25ClN4O2S/c1-26-15-24(13-14-24)17-7-9-18(10-8-17)27-22(30)21(16-5-3-2-4-6-16)29-23(31)28-20-12-11-19(25)32-20/h2-12,21,26H,13-15H2,1H3,(H,27,30)(H2,28,29,31). The molecular formula is C24H25ClN4O2S. The van der Waals surface area contributed by atoms with E-state index in [1.54, 1.807) is 12.1 Å². The Kier molecular flexibility index (Phi) is 6.79. The number of rotatable bonds is 8. The molecule has 0 saturated heterocycles. The first-order chi connectivity index (χ1) is 15.5. The van der Waals surface area contributed by atoms with Crippen LogP contribution in [0.5, 0.6) is 0 Å². The van der Waals surface area contributed by atoms with Crippen LogP contribution in [0, 0.1) is 0 Å². The summed E-state index contributed by atoms with van der Waals surface area (Å²) in [6, 6.07) is 19.2. The Morgan fingerprint density at radius 2 is 1.72 bits per heavy atom. The topological polar surface area (TPSA) is 82.3 Å². The number of halogens is 1. The fourth-order valence-corrected chi connectivity index (χ4v) is 4.72. The second kappa shape index (κ2) is 9.73. The third-order valence-corrected chi connectivity index (χ3v) is 6.76. The molecule has 1 aromatic heterocycles. The third-order valence-electron chi connectivity index (χ3n) is 5.61. The van der Waals surface area contributed by atoms with Crippen molar-refractivity contribution >= 4 is 45.6 Å². The summed E-state index contributed by atoms with van der Waals surface area (Å²) in [6.07, 6.45) is 2.34. The molecule has 1 atom stereocenters. The number of hydrogen-bond acceptors (Lipinski definition) is 4. The maximum Gasteiger partial charge on any atom is 0.320 e. The Morgan fingerprint density at radius 3 is 2.31 bits per heavy atom. The van der Waals surface area contributed by atoms with Crippen LogP contribution >= 0.6 is 22.9 Å². The van der Waals surface area contributed by atoms with Gasteiger partial charge in [0.25, 0.3) is 5.91 Å². The number of hydrogen-bond donors (Lipinski definition) is 4. The second-order valence-electron chi connectivity index (χ2n) is 7.92. The zero-order chi connectivity index (χ0) is 22.6. The number of nitrogens with one attached hydrogen (secondary N) is 4. The quantitative estimate of drug-likeness (QED) is 0.369. The number of benzene rings is 2. The Labute approximate surface area is 196 Å². The molecule has 0 bridgehead atoms. The molecule has 4 rings (SSSR count). The van der Waals surface area contributed by atoms with Crippen molar-refractivity contribution in [2.24, 2.45) is 0 Å². The predicted molar refractivity (Wildman–Crippen MR) is 131 cm³/mol. The third kappa shape index (κ3) is 5.30. The Balaban J connectivity index is 1.46.